The zero-order valence-electron chi connectivity index (χ0n) is 4.15. The first-order valence-electron chi connectivity index (χ1n) is 1.47. The van der Waals surface area contributed by atoms with E-state index in [2.05, 4.69) is 5.32 Å². The molecule has 0 spiro atoms. The van der Waals surface area contributed by atoms with Crippen molar-refractivity contribution in [3.05, 3.63) is 5.32 Å². The standard InChI is InChI=1S/C3H8N.Si.Ti/c1-3-4-2;;/h3H2,1-2H3;;/q-1;;. The van der Waals surface area contributed by atoms with E-state index in [1.807, 2.05) is 6.92 Å². The van der Waals surface area contributed by atoms with Gasteiger partial charge in [-0.15, -0.1) is 0 Å². The Morgan fingerprint density at radius 1 is 1.50 bits per heavy atom. The van der Waals surface area contributed by atoms with Gasteiger partial charge in [0.2, 0.25) is 0 Å². The van der Waals surface area contributed by atoms with Crippen LogP contribution in [-0.4, -0.2) is 24.6 Å². The SMILES string of the molecule is CC[N-]C.[Si].[Ti]. The van der Waals surface area contributed by atoms with Gasteiger partial charge in [0.1, 0.15) is 0 Å². The van der Waals surface area contributed by atoms with Crippen molar-refractivity contribution in [1.82, 2.24) is 0 Å². The molecule has 0 amide bonds. The van der Waals surface area contributed by atoms with E-state index in [0.29, 0.717) is 0 Å². The minimum Gasteiger partial charge on any atom is -0.665 e. The van der Waals surface area contributed by atoms with Crippen molar-refractivity contribution in [3.8, 4) is 0 Å². The van der Waals surface area contributed by atoms with Gasteiger partial charge in [-0.25, -0.2) is 0 Å². The molecule has 0 aromatic carbocycles. The summed E-state index contributed by atoms with van der Waals surface area (Å²) in [6.07, 6.45) is 0. The van der Waals surface area contributed by atoms with E-state index in [-0.39, 0.29) is 32.7 Å². The monoisotopic (exact) mass is 134 g/mol. The van der Waals surface area contributed by atoms with Gasteiger partial charge in [0.15, 0.2) is 0 Å². The molecular weight excluding hydrogens is 126 g/mol. The van der Waals surface area contributed by atoms with Crippen LogP contribution in [0, 0.1) is 0 Å². The zero-order chi connectivity index (χ0) is 3.41. The average molecular weight is 134 g/mol. The smallest absolute Gasteiger partial charge is 0 e. The number of hydrogen-bond acceptors (Lipinski definition) is 0. The molecule has 0 fully saturated rings. The van der Waals surface area contributed by atoms with E-state index < -0.39 is 0 Å². The third-order valence-corrected chi connectivity index (χ3v) is 0.316. The van der Waals surface area contributed by atoms with Crippen LogP contribution in [0.1, 0.15) is 6.92 Å². The second-order valence-electron chi connectivity index (χ2n) is 0.632. The molecule has 4 radical (unpaired) electrons. The minimum atomic E-state index is 0. The summed E-state index contributed by atoms with van der Waals surface area (Å²) in [5.74, 6) is 0. The third-order valence-electron chi connectivity index (χ3n) is 0.316. The van der Waals surface area contributed by atoms with Crippen molar-refractivity contribution in [2.45, 2.75) is 6.92 Å². The summed E-state index contributed by atoms with van der Waals surface area (Å²) in [4.78, 5) is 0. The molecule has 0 aliphatic heterocycles. The van der Waals surface area contributed by atoms with Crippen LogP contribution in [0.5, 0.6) is 0 Å². The Bertz CT molecular complexity index is 12.8. The number of rotatable bonds is 1. The maximum absolute atomic E-state index is 3.74. The van der Waals surface area contributed by atoms with Gasteiger partial charge in [-0.2, -0.15) is 13.6 Å². The van der Waals surface area contributed by atoms with E-state index in [1.165, 1.54) is 0 Å². The first-order valence-corrected chi connectivity index (χ1v) is 1.47. The quantitative estimate of drug-likeness (QED) is 0.467. The molecule has 0 saturated heterocycles. The van der Waals surface area contributed by atoms with Crippen LogP contribution in [0.15, 0.2) is 0 Å². The van der Waals surface area contributed by atoms with Gasteiger partial charge >= 0.3 is 0 Å². The number of hydrogen-bond donors (Lipinski definition) is 0. The second kappa shape index (κ2) is 16.9. The Morgan fingerprint density at radius 2 is 1.67 bits per heavy atom. The fourth-order valence-electron chi connectivity index (χ4n) is 0. The largest absolute Gasteiger partial charge is 0.665 e. The molecule has 3 heteroatoms. The molecule has 0 unspecified atom stereocenters. The molecule has 0 saturated carbocycles. The van der Waals surface area contributed by atoms with Crippen molar-refractivity contribution in [3.63, 3.8) is 0 Å². The van der Waals surface area contributed by atoms with Gasteiger partial charge in [-0.3, -0.25) is 0 Å². The summed E-state index contributed by atoms with van der Waals surface area (Å²) in [5, 5.41) is 3.74. The molecular formula is C3H8NSiTi-. The molecule has 0 aliphatic carbocycles. The van der Waals surface area contributed by atoms with Crippen LogP contribution in [0.2, 0.25) is 0 Å². The van der Waals surface area contributed by atoms with Crippen molar-refractivity contribution in [2.75, 3.05) is 13.6 Å². The molecule has 0 aromatic rings. The van der Waals surface area contributed by atoms with Crippen LogP contribution in [-0.2, 0) is 21.7 Å². The molecule has 0 rings (SSSR count). The van der Waals surface area contributed by atoms with E-state index in [1.54, 1.807) is 7.05 Å². The Balaban J connectivity index is -0.0000000450. The van der Waals surface area contributed by atoms with Gasteiger partial charge in [0.25, 0.3) is 0 Å². The summed E-state index contributed by atoms with van der Waals surface area (Å²) < 4.78 is 0. The van der Waals surface area contributed by atoms with Crippen LogP contribution in [0.3, 0.4) is 0 Å². The number of nitrogens with zero attached hydrogens (tertiary/aromatic N) is 1. The first kappa shape index (κ1) is 15.8. The predicted octanol–water partition coefficient (Wildman–Crippen LogP) is 0.627. The maximum Gasteiger partial charge on any atom is 0 e. The molecule has 0 N–H and O–H groups in total. The summed E-state index contributed by atoms with van der Waals surface area (Å²) in [5.41, 5.74) is 0. The van der Waals surface area contributed by atoms with E-state index in [0.717, 1.165) is 6.54 Å². The maximum atomic E-state index is 3.74. The normalized spacial score (nSPS) is 5.00. The first-order chi connectivity index (χ1) is 1.91. The summed E-state index contributed by atoms with van der Waals surface area (Å²) >= 11 is 0. The molecule has 0 heterocycles. The summed E-state index contributed by atoms with van der Waals surface area (Å²) in [6, 6.07) is 0. The van der Waals surface area contributed by atoms with Crippen molar-refractivity contribution < 1.29 is 21.7 Å². The van der Waals surface area contributed by atoms with Crippen molar-refractivity contribution in [2.24, 2.45) is 0 Å². The molecule has 1 nitrogen and oxygen atoms in total. The zero-order valence-corrected chi connectivity index (χ0v) is 6.72. The van der Waals surface area contributed by atoms with Gasteiger partial charge in [0, 0.05) is 32.7 Å². The molecule has 0 bridgehead atoms. The average Bonchev–Trinajstić information content (AvgIpc) is 1.37. The third kappa shape index (κ3) is 20.7. The molecule has 34 valence electrons. The summed E-state index contributed by atoms with van der Waals surface area (Å²) in [6.45, 7) is 2.96. The fraction of sp³-hybridized carbons (Fsp3) is 1.00. The molecule has 0 aromatic heterocycles. The van der Waals surface area contributed by atoms with Gasteiger partial charge in [-0.05, 0) is 0 Å². The topological polar surface area (TPSA) is 14.1 Å². The van der Waals surface area contributed by atoms with E-state index >= 15 is 0 Å². The molecule has 0 aliphatic rings. The fourth-order valence-corrected chi connectivity index (χ4v) is 0. The Hall–Kier alpha value is 0.891. The van der Waals surface area contributed by atoms with Crippen LogP contribution in [0.4, 0.5) is 0 Å². The van der Waals surface area contributed by atoms with Gasteiger partial charge in [0.05, 0.1) is 0 Å². The molecule has 0 atom stereocenters. The van der Waals surface area contributed by atoms with Crippen molar-refractivity contribution in [1.29, 1.82) is 0 Å². The Morgan fingerprint density at radius 3 is 1.67 bits per heavy atom. The predicted molar refractivity (Wildman–Crippen MR) is 25.6 cm³/mol. The van der Waals surface area contributed by atoms with Crippen LogP contribution >= 0.6 is 0 Å². The summed E-state index contributed by atoms with van der Waals surface area (Å²) in [7, 11) is 1.81. The van der Waals surface area contributed by atoms with Gasteiger partial charge < -0.3 is 5.32 Å². The van der Waals surface area contributed by atoms with E-state index in [9.17, 15) is 0 Å². The van der Waals surface area contributed by atoms with Crippen LogP contribution < -0.4 is 0 Å². The van der Waals surface area contributed by atoms with E-state index in [4.69, 9.17) is 0 Å². The molecule has 6 heavy (non-hydrogen) atoms. The van der Waals surface area contributed by atoms with Gasteiger partial charge in [-0.1, -0.05) is 6.92 Å². The van der Waals surface area contributed by atoms with Crippen LogP contribution in [0.25, 0.3) is 5.32 Å². The Labute approximate surface area is 58.8 Å². The van der Waals surface area contributed by atoms with Crippen molar-refractivity contribution >= 4 is 11.0 Å². The Kier molecular flexibility index (Phi) is 44.4. The minimum absolute atomic E-state index is 0. The second-order valence-corrected chi connectivity index (χ2v) is 0.632.